The van der Waals surface area contributed by atoms with Crippen molar-refractivity contribution in [1.29, 1.82) is 0 Å². The van der Waals surface area contributed by atoms with Crippen LogP contribution in [0.25, 0.3) is 0 Å². The number of carbonyl (C=O) groups is 2. The number of alkyl carbamates (subject to hydrolysis) is 1. The Hall–Kier alpha value is -1.26. The van der Waals surface area contributed by atoms with Gasteiger partial charge in [-0.3, -0.25) is 4.79 Å². The molecule has 0 bridgehead atoms. The Balaban J connectivity index is 1.78. The van der Waals surface area contributed by atoms with Gasteiger partial charge in [0.1, 0.15) is 5.60 Å². The highest BCUT2D eigenvalue weighted by Crippen LogP contribution is 2.56. The summed E-state index contributed by atoms with van der Waals surface area (Å²) in [5.41, 5.74) is -0.931. The van der Waals surface area contributed by atoms with Crippen molar-refractivity contribution in [3.63, 3.8) is 0 Å². The van der Waals surface area contributed by atoms with Gasteiger partial charge in [0.15, 0.2) is 0 Å². The number of nitrogens with one attached hydrogen (secondary N) is 1. The second kappa shape index (κ2) is 5.26. The van der Waals surface area contributed by atoms with E-state index in [0.717, 1.165) is 38.5 Å². The third-order valence-corrected chi connectivity index (χ3v) is 4.44. The molecule has 0 aromatic heterocycles. The molecule has 0 aliphatic heterocycles. The summed E-state index contributed by atoms with van der Waals surface area (Å²) in [5.74, 6) is -0.363. The Morgan fingerprint density at radius 3 is 2.10 bits per heavy atom. The van der Waals surface area contributed by atoms with Crippen molar-refractivity contribution in [3.05, 3.63) is 0 Å². The lowest BCUT2D eigenvalue weighted by atomic mass is 9.76. The zero-order valence-corrected chi connectivity index (χ0v) is 12.6. The van der Waals surface area contributed by atoms with Crippen LogP contribution in [0.4, 0.5) is 4.79 Å². The molecule has 114 valence electrons. The van der Waals surface area contributed by atoms with E-state index in [2.05, 4.69) is 5.32 Å². The molecule has 0 aromatic rings. The maximum absolute atomic E-state index is 11.7. The van der Waals surface area contributed by atoms with E-state index >= 15 is 0 Å². The molecule has 0 saturated heterocycles. The molecule has 20 heavy (non-hydrogen) atoms. The van der Waals surface area contributed by atoms with Gasteiger partial charge >= 0.3 is 12.1 Å². The van der Waals surface area contributed by atoms with Crippen molar-refractivity contribution in [2.75, 3.05) is 0 Å². The molecule has 2 saturated carbocycles. The summed E-state index contributed by atoms with van der Waals surface area (Å²) < 4.78 is 5.24. The molecule has 1 amide bonds. The summed E-state index contributed by atoms with van der Waals surface area (Å²) in [6.07, 6.45) is 4.71. The molecule has 0 heterocycles. The zero-order valence-electron chi connectivity index (χ0n) is 12.6. The number of carbonyl (C=O) groups excluding carboxylic acids is 1. The number of amides is 1. The number of carboxylic acid groups (broad SMARTS) is 1. The molecular formula is C15H25NO4. The minimum absolute atomic E-state index is 0.116. The van der Waals surface area contributed by atoms with Gasteiger partial charge in [0.2, 0.25) is 0 Å². The first-order valence-electron chi connectivity index (χ1n) is 7.46. The fourth-order valence-corrected chi connectivity index (χ4v) is 3.20. The average Bonchev–Trinajstić information content (AvgIpc) is 3.08. The van der Waals surface area contributed by atoms with Crippen molar-refractivity contribution in [2.24, 2.45) is 11.3 Å². The van der Waals surface area contributed by atoms with Crippen LogP contribution in [0.3, 0.4) is 0 Å². The molecule has 2 fully saturated rings. The monoisotopic (exact) mass is 283 g/mol. The van der Waals surface area contributed by atoms with Crippen LogP contribution >= 0.6 is 0 Å². The van der Waals surface area contributed by atoms with Gasteiger partial charge in [0.25, 0.3) is 0 Å². The van der Waals surface area contributed by atoms with E-state index in [-0.39, 0.29) is 18.1 Å². The normalized spacial score (nSPS) is 28.6. The van der Waals surface area contributed by atoms with Crippen LogP contribution in [0, 0.1) is 11.3 Å². The second-order valence-electron chi connectivity index (χ2n) is 7.16. The van der Waals surface area contributed by atoms with Crippen LogP contribution in [0.2, 0.25) is 0 Å². The molecular weight excluding hydrogens is 258 g/mol. The van der Waals surface area contributed by atoms with Crippen molar-refractivity contribution in [1.82, 2.24) is 5.32 Å². The Labute approximate surface area is 120 Å². The van der Waals surface area contributed by atoms with Crippen molar-refractivity contribution >= 4 is 12.1 Å². The molecule has 2 aliphatic rings. The first kappa shape index (κ1) is 15.1. The maximum atomic E-state index is 11.7. The SMILES string of the molecule is CC(C)(C)OC(=O)NC1CCC(C2(C(=O)O)CC2)CC1. The summed E-state index contributed by atoms with van der Waals surface area (Å²) in [4.78, 5) is 23.0. The third-order valence-electron chi connectivity index (χ3n) is 4.44. The van der Waals surface area contributed by atoms with Gasteiger partial charge in [-0.15, -0.1) is 0 Å². The van der Waals surface area contributed by atoms with Crippen molar-refractivity contribution < 1.29 is 19.4 Å². The smallest absolute Gasteiger partial charge is 0.407 e. The lowest BCUT2D eigenvalue weighted by Gasteiger charge is -2.33. The number of hydrogen-bond donors (Lipinski definition) is 2. The molecule has 0 atom stereocenters. The topological polar surface area (TPSA) is 75.6 Å². The van der Waals surface area contributed by atoms with E-state index in [1.54, 1.807) is 0 Å². The predicted octanol–water partition coefficient (Wildman–Crippen LogP) is 2.93. The zero-order chi connectivity index (χ0) is 15.0. The van der Waals surface area contributed by atoms with Crippen LogP contribution in [0.1, 0.15) is 59.3 Å². The van der Waals surface area contributed by atoms with Crippen molar-refractivity contribution in [3.8, 4) is 0 Å². The van der Waals surface area contributed by atoms with Crippen LogP contribution in [0.5, 0.6) is 0 Å². The summed E-state index contributed by atoms with van der Waals surface area (Å²) in [6.45, 7) is 5.52. The predicted molar refractivity (Wildman–Crippen MR) is 74.4 cm³/mol. The first-order chi connectivity index (χ1) is 9.23. The van der Waals surface area contributed by atoms with E-state index in [1.807, 2.05) is 20.8 Å². The van der Waals surface area contributed by atoms with E-state index in [9.17, 15) is 14.7 Å². The maximum Gasteiger partial charge on any atom is 0.407 e. The van der Waals surface area contributed by atoms with Gasteiger partial charge in [0.05, 0.1) is 5.41 Å². The van der Waals surface area contributed by atoms with Gasteiger partial charge < -0.3 is 15.2 Å². The highest BCUT2D eigenvalue weighted by Gasteiger charge is 2.56. The molecule has 2 rings (SSSR count). The molecule has 5 nitrogen and oxygen atoms in total. The fraction of sp³-hybridized carbons (Fsp3) is 0.867. The first-order valence-corrected chi connectivity index (χ1v) is 7.46. The third kappa shape index (κ3) is 3.44. The Bertz CT molecular complexity index is 387. The number of hydrogen-bond acceptors (Lipinski definition) is 3. The summed E-state index contributed by atoms with van der Waals surface area (Å²) >= 11 is 0. The van der Waals surface area contributed by atoms with Crippen LogP contribution < -0.4 is 5.32 Å². The fourth-order valence-electron chi connectivity index (χ4n) is 3.20. The highest BCUT2D eigenvalue weighted by molar-refractivity contribution is 5.78. The number of aliphatic carboxylic acids is 1. The van der Waals surface area contributed by atoms with Crippen LogP contribution in [-0.4, -0.2) is 28.8 Å². The van der Waals surface area contributed by atoms with Gasteiger partial charge in [-0.05, 0) is 65.2 Å². The van der Waals surface area contributed by atoms with Gasteiger partial charge in [-0.1, -0.05) is 0 Å². The molecule has 0 aromatic carbocycles. The molecule has 0 radical (unpaired) electrons. The Kier molecular flexibility index (Phi) is 3.98. The summed E-state index contributed by atoms with van der Waals surface area (Å²) in [6, 6.07) is 0.116. The number of ether oxygens (including phenoxy) is 1. The lowest BCUT2D eigenvalue weighted by Crippen LogP contribution is -2.42. The Morgan fingerprint density at radius 2 is 1.70 bits per heavy atom. The highest BCUT2D eigenvalue weighted by atomic mass is 16.6. The van der Waals surface area contributed by atoms with Crippen LogP contribution in [-0.2, 0) is 9.53 Å². The van der Waals surface area contributed by atoms with Gasteiger partial charge in [-0.25, -0.2) is 4.79 Å². The van der Waals surface area contributed by atoms with Crippen molar-refractivity contribution in [2.45, 2.75) is 70.9 Å². The van der Waals surface area contributed by atoms with Crippen LogP contribution in [0.15, 0.2) is 0 Å². The van der Waals surface area contributed by atoms with E-state index in [1.165, 1.54) is 0 Å². The van der Waals surface area contributed by atoms with Gasteiger partial charge in [-0.2, -0.15) is 0 Å². The quantitative estimate of drug-likeness (QED) is 0.835. The molecule has 0 spiro atoms. The van der Waals surface area contributed by atoms with E-state index in [4.69, 9.17) is 4.74 Å². The Morgan fingerprint density at radius 1 is 1.15 bits per heavy atom. The lowest BCUT2D eigenvalue weighted by molar-refractivity contribution is -0.146. The molecule has 2 N–H and O–H groups in total. The average molecular weight is 283 g/mol. The molecule has 5 heteroatoms. The molecule has 2 aliphatic carbocycles. The number of rotatable bonds is 3. The standard InChI is InChI=1S/C15H25NO4/c1-14(2,3)20-13(19)16-11-6-4-10(5-7-11)15(8-9-15)12(17)18/h10-11H,4-9H2,1-3H3,(H,16,19)(H,17,18). The largest absolute Gasteiger partial charge is 0.481 e. The summed E-state index contributed by atoms with van der Waals surface area (Å²) in [7, 11) is 0. The molecule has 0 unspecified atom stereocenters. The van der Waals surface area contributed by atoms with E-state index in [0.29, 0.717) is 0 Å². The second-order valence-corrected chi connectivity index (χ2v) is 7.16. The van der Waals surface area contributed by atoms with Gasteiger partial charge in [0, 0.05) is 6.04 Å². The minimum atomic E-state index is -0.638. The van der Waals surface area contributed by atoms with E-state index < -0.39 is 17.0 Å². The minimum Gasteiger partial charge on any atom is -0.481 e. The number of carboxylic acids is 1. The summed E-state index contributed by atoms with van der Waals surface area (Å²) in [5, 5.41) is 12.2.